The Morgan fingerprint density at radius 1 is 1.19 bits per heavy atom. The van der Waals surface area contributed by atoms with Gasteiger partial charge >= 0.3 is 5.97 Å². The lowest BCUT2D eigenvalue weighted by Gasteiger charge is -2.11. The first-order valence-electron chi connectivity index (χ1n) is 7.90. The van der Waals surface area contributed by atoms with Gasteiger partial charge in [-0.2, -0.15) is 0 Å². The van der Waals surface area contributed by atoms with Crippen LogP contribution in [0.5, 0.6) is 5.75 Å². The van der Waals surface area contributed by atoms with Gasteiger partial charge in [0.25, 0.3) is 0 Å². The van der Waals surface area contributed by atoms with Crippen LogP contribution in [-0.4, -0.2) is 23.2 Å². The average Bonchev–Trinajstić information content (AvgIpc) is 2.65. The van der Waals surface area contributed by atoms with E-state index in [1.54, 1.807) is 18.2 Å². The van der Waals surface area contributed by atoms with Crippen LogP contribution in [-0.2, 0) is 6.42 Å². The Kier molecular flexibility index (Phi) is 5.37. The SMILES string of the molecule is COc1ccc(Cl)c(Cc2nc(-c3cccc(F)c3F)ccc2C(=O)O)c1. The number of aromatic nitrogens is 1. The lowest BCUT2D eigenvalue weighted by atomic mass is 10.0. The minimum Gasteiger partial charge on any atom is -0.497 e. The third kappa shape index (κ3) is 3.90. The Morgan fingerprint density at radius 2 is 1.96 bits per heavy atom. The van der Waals surface area contributed by atoms with E-state index in [0.29, 0.717) is 16.3 Å². The maximum Gasteiger partial charge on any atom is 0.337 e. The molecule has 7 heteroatoms. The third-order valence-corrected chi connectivity index (χ3v) is 4.41. The van der Waals surface area contributed by atoms with Crippen LogP contribution in [0.4, 0.5) is 8.78 Å². The molecule has 0 unspecified atom stereocenters. The van der Waals surface area contributed by atoms with Gasteiger partial charge in [0.05, 0.1) is 24.1 Å². The van der Waals surface area contributed by atoms with E-state index in [9.17, 15) is 18.7 Å². The first-order valence-corrected chi connectivity index (χ1v) is 8.28. The molecule has 0 fully saturated rings. The van der Waals surface area contributed by atoms with Crippen LogP contribution in [0.3, 0.4) is 0 Å². The van der Waals surface area contributed by atoms with Crippen LogP contribution in [0.2, 0.25) is 5.02 Å². The minimum absolute atomic E-state index is 0.0468. The van der Waals surface area contributed by atoms with Crippen molar-refractivity contribution in [2.75, 3.05) is 7.11 Å². The fourth-order valence-electron chi connectivity index (χ4n) is 2.68. The van der Waals surface area contributed by atoms with Gasteiger partial charge in [0.15, 0.2) is 11.6 Å². The summed E-state index contributed by atoms with van der Waals surface area (Å²) in [5.74, 6) is -2.67. The van der Waals surface area contributed by atoms with Crippen LogP contribution in [0.15, 0.2) is 48.5 Å². The fourth-order valence-corrected chi connectivity index (χ4v) is 2.86. The van der Waals surface area contributed by atoms with Gasteiger partial charge in [-0.3, -0.25) is 4.98 Å². The molecule has 0 saturated heterocycles. The zero-order valence-corrected chi connectivity index (χ0v) is 14.9. The highest BCUT2D eigenvalue weighted by Gasteiger charge is 2.18. The van der Waals surface area contributed by atoms with E-state index in [4.69, 9.17) is 16.3 Å². The number of pyridine rings is 1. The molecule has 1 aromatic heterocycles. The summed E-state index contributed by atoms with van der Waals surface area (Å²) in [6.07, 6.45) is 0.0858. The van der Waals surface area contributed by atoms with Crippen molar-refractivity contribution < 1.29 is 23.4 Å². The molecule has 2 aromatic carbocycles. The largest absolute Gasteiger partial charge is 0.497 e. The first kappa shape index (κ1) is 18.8. The van der Waals surface area contributed by atoms with E-state index >= 15 is 0 Å². The van der Waals surface area contributed by atoms with Crippen molar-refractivity contribution in [3.63, 3.8) is 0 Å². The monoisotopic (exact) mass is 389 g/mol. The van der Waals surface area contributed by atoms with E-state index in [0.717, 1.165) is 6.07 Å². The highest BCUT2D eigenvalue weighted by molar-refractivity contribution is 6.31. The molecule has 0 amide bonds. The van der Waals surface area contributed by atoms with Crippen LogP contribution < -0.4 is 4.74 Å². The minimum atomic E-state index is -1.18. The summed E-state index contributed by atoms with van der Waals surface area (Å²) in [6, 6.07) is 11.4. The van der Waals surface area contributed by atoms with Gasteiger partial charge in [0.1, 0.15) is 5.75 Å². The van der Waals surface area contributed by atoms with Crippen LogP contribution in [0.1, 0.15) is 21.6 Å². The topological polar surface area (TPSA) is 59.4 Å². The van der Waals surface area contributed by atoms with Gasteiger partial charge in [-0.1, -0.05) is 17.7 Å². The van der Waals surface area contributed by atoms with Gasteiger partial charge in [0, 0.05) is 17.0 Å². The molecule has 0 bridgehead atoms. The summed E-state index contributed by atoms with van der Waals surface area (Å²) < 4.78 is 32.8. The summed E-state index contributed by atoms with van der Waals surface area (Å²) in [5, 5.41) is 9.86. The summed E-state index contributed by atoms with van der Waals surface area (Å²) in [4.78, 5) is 15.8. The van der Waals surface area contributed by atoms with E-state index < -0.39 is 17.6 Å². The molecular weight excluding hydrogens is 376 g/mol. The molecule has 0 aliphatic heterocycles. The molecule has 3 aromatic rings. The second-order valence-corrected chi connectivity index (χ2v) is 6.14. The van der Waals surface area contributed by atoms with Crippen molar-refractivity contribution >= 4 is 17.6 Å². The highest BCUT2D eigenvalue weighted by Crippen LogP contribution is 2.28. The zero-order valence-electron chi connectivity index (χ0n) is 14.2. The molecule has 0 atom stereocenters. The Morgan fingerprint density at radius 3 is 2.67 bits per heavy atom. The van der Waals surface area contributed by atoms with E-state index in [1.807, 2.05) is 0 Å². The van der Waals surface area contributed by atoms with Gasteiger partial charge in [-0.25, -0.2) is 13.6 Å². The number of halogens is 3. The third-order valence-electron chi connectivity index (χ3n) is 4.04. The zero-order chi connectivity index (χ0) is 19.6. The predicted molar refractivity (Wildman–Crippen MR) is 97.4 cm³/mol. The second-order valence-electron chi connectivity index (χ2n) is 5.73. The normalized spacial score (nSPS) is 10.7. The molecule has 138 valence electrons. The summed E-state index contributed by atoms with van der Waals surface area (Å²) in [5.41, 5.74) is 0.812. The lowest BCUT2D eigenvalue weighted by Crippen LogP contribution is -2.07. The molecule has 27 heavy (non-hydrogen) atoms. The van der Waals surface area contributed by atoms with E-state index in [-0.39, 0.29) is 28.9 Å². The number of rotatable bonds is 5. The maximum atomic E-state index is 14.1. The number of carboxylic acid groups (broad SMARTS) is 1. The molecule has 3 rings (SSSR count). The molecule has 4 nitrogen and oxygen atoms in total. The standard InChI is InChI=1S/C20H14ClF2NO3/c1-27-12-5-7-15(21)11(9-12)10-18-14(20(25)26)6-8-17(24-18)13-3-2-4-16(22)19(13)23/h2-9H,10H2,1H3,(H,25,26). The van der Waals surface area contributed by atoms with E-state index in [2.05, 4.69) is 4.98 Å². The predicted octanol–water partition coefficient (Wildman–Crippen LogP) is 4.98. The maximum absolute atomic E-state index is 14.1. The van der Waals surface area contributed by atoms with Gasteiger partial charge in [-0.05, 0) is 48.0 Å². The number of hydrogen-bond donors (Lipinski definition) is 1. The average molecular weight is 390 g/mol. The number of carbonyl (C=O) groups is 1. The molecule has 0 aliphatic carbocycles. The van der Waals surface area contributed by atoms with Crippen LogP contribution in [0, 0.1) is 11.6 Å². The van der Waals surface area contributed by atoms with Gasteiger partial charge in [0.2, 0.25) is 0 Å². The number of hydrogen-bond acceptors (Lipinski definition) is 3. The van der Waals surface area contributed by atoms with Crippen molar-refractivity contribution in [1.82, 2.24) is 4.98 Å². The summed E-state index contributed by atoms with van der Waals surface area (Å²) in [6.45, 7) is 0. The van der Waals surface area contributed by atoms with Gasteiger partial charge in [-0.15, -0.1) is 0 Å². The smallest absolute Gasteiger partial charge is 0.337 e. The number of ether oxygens (including phenoxy) is 1. The van der Waals surface area contributed by atoms with Crippen LogP contribution >= 0.6 is 11.6 Å². The van der Waals surface area contributed by atoms with Crippen molar-refractivity contribution in [3.8, 4) is 17.0 Å². The number of benzene rings is 2. The van der Waals surface area contributed by atoms with E-state index in [1.165, 1.54) is 31.4 Å². The highest BCUT2D eigenvalue weighted by atomic mass is 35.5. The second kappa shape index (κ2) is 7.72. The van der Waals surface area contributed by atoms with Crippen molar-refractivity contribution in [2.45, 2.75) is 6.42 Å². The summed E-state index contributed by atoms with van der Waals surface area (Å²) >= 11 is 6.20. The quantitative estimate of drug-likeness (QED) is 0.668. The van der Waals surface area contributed by atoms with Crippen molar-refractivity contribution in [1.29, 1.82) is 0 Å². The molecular formula is C20H14ClF2NO3. The number of carboxylic acids is 1. The molecule has 0 radical (unpaired) electrons. The molecule has 0 spiro atoms. The molecule has 1 N–H and O–H groups in total. The Labute approximate surface area is 159 Å². The number of nitrogens with zero attached hydrogens (tertiary/aromatic N) is 1. The van der Waals surface area contributed by atoms with Crippen LogP contribution in [0.25, 0.3) is 11.3 Å². The Bertz CT molecular complexity index is 1020. The fraction of sp³-hybridized carbons (Fsp3) is 0.100. The van der Waals surface area contributed by atoms with Gasteiger partial charge < -0.3 is 9.84 Å². The lowest BCUT2D eigenvalue weighted by molar-refractivity contribution is 0.0695. The molecule has 1 heterocycles. The van der Waals surface area contributed by atoms with Crippen molar-refractivity contribution in [3.05, 3.63) is 82.0 Å². The van der Waals surface area contributed by atoms with Crippen molar-refractivity contribution in [2.24, 2.45) is 0 Å². The summed E-state index contributed by atoms with van der Waals surface area (Å²) in [7, 11) is 1.50. The molecule has 0 saturated carbocycles. The first-order chi connectivity index (χ1) is 12.9. The number of methoxy groups -OCH3 is 1. The molecule has 0 aliphatic rings. The Hall–Kier alpha value is -2.99. The number of aromatic carboxylic acids is 1. The Balaban J connectivity index is 2.10.